The number of aromatic nitrogens is 1. The molecule has 21 heavy (non-hydrogen) atoms. The molecule has 5 heteroatoms. The molecule has 2 rings (SSSR count). The molecule has 116 valence electrons. The molecule has 0 saturated carbocycles. The Balaban J connectivity index is 1.91. The highest BCUT2D eigenvalue weighted by Crippen LogP contribution is 2.23. The summed E-state index contributed by atoms with van der Waals surface area (Å²) in [6, 6.07) is 3.88. The van der Waals surface area contributed by atoms with Crippen molar-refractivity contribution in [2.45, 2.75) is 39.2 Å². The summed E-state index contributed by atoms with van der Waals surface area (Å²) < 4.78 is 5.34. The summed E-state index contributed by atoms with van der Waals surface area (Å²) in [5.41, 5.74) is 0.764. The minimum Gasteiger partial charge on any atom is -0.492 e. The third-order valence-electron chi connectivity index (χ3n) is 4.00. The first-order chi connectivity index (χ1) is 10.1. The summed E-state index contributed by atoms with van der Waals surface area (Å²) in [6.45, 7) is 5.52. The second kappa shape index (κ2) is 7.41. The first-order valence-corrected chi connectivity index (χ1v) is 7.62. The summed E-state index contributed by atoms with van der Waals surface area (Å²) in [4.78, 5) is 18.6. The maximum absolute atomic E-state index is 12.4. The molecular formula is C16H24N2O3. The minimum atomic E-state index is 0.107. The van der Waals surface area contributed by atoms with Crippen molar-refractivity contribution in [1.29, 1.82) is 0 Å². The van der Waals surface area contributed by atoms with Crippen molar-refractivity contribution in [1.82, 2.24) is 9.88 Å². The van der Waals surface area contributed by atoms with Crippen LogP contribution in [0, 0.1) is 5.92 Å². The lowest BCUT2D eigenvalue weighted by atomic mass is 9.92. The van der Waals surface area contributed by atoms with Crippen LogP contribution in [0.1, 0.15) is 32.4 Å². The zero-order valence-electron chi connectivity index (χ0n) is 12.8. The van der Waals surface area contributed by atoms with E-state index in [1.165, 1.54) is 0 Å². The lowest BCUT2D eigenvalue weighted by molar-refractivity contribution is -0.134. The highest BCUT2D eigenvalue weighted by molar-refractivity contribution is 5.78. The molecule has 1 N–H and O–H groups in total. The molecule has 0 spiro atoms. The van der Waals surface area contributed by atoms with Crippen LogP contribution >= 0.6 is 0 Å². The molecule has 1 aliphatic heterocycles. The number of aliphatic hydroxyl groups excluding tert-OH is 1. The Labute approximate surface area is 125 Å². The number of hydrogen-bond donors (Lipinski definition) is 1. The number of amides is 1. The lowest BCUT2D eigenvalue weighted by Crippen LogP contribution is -2.45. The van der Waals surface area contributed by atoms with Crippen LogP contribution in [0.25, 0.3) is 0 Å². The van der Waals surface area contributed by atoms with Crippen LogP contribution < -0.4 is 4.74 Å². The van der Waals surface area contributed by atoms with Crippen LogP contribution in [-0.4, -0.2) is 46.7 Å². The molecule has 1 saturated heterocycles. The molecule has 0 bridgehead atoms. The van der Waals surface area contributed by atoms with E-state index in [2.05, 4.69) is 4.98 Å². The molecule has 2 atom stereocenters. The van der Waals surface area contributed by atoms with Crippen molar-refractivity contribution >= 4 is 5.91 Å². The van der Waals surface area contributed by atoms with E-state index in [-0.39, 0.29) is 18.6 Å². The molecule has 1 aromatic rings. The summed E-state index contributed by atoms with van der Waals surface area (Å²) in [5.74, 6) is 1.16. The van der Waals surface area contributed by atoms with Gasteiger partial charge in [0.2, 0.25) is 5.91 Å². The number of carbonyl (C=O) groups is 1. The molecule has 0 aromatic carbocycles. The molecule has 5 nitrogen and oxygen atoms in total. The third kappa shape index (κ3) is 4.17. The van der Waals surface area contributed by atoms with E-state index in [1.807, 2.05) is 30.9 Å². The summed E-state index contributed by atoms with van der Waals surface area (Å²) in [6.07, 6.45) is 3.73. The van der Waals surface area contributed by atoms with Gasteiger partial charge >= 0.3 is 0 Å². The van der Waals surface area contributed by atoms with E-state index in [9.17, 15) is 9.90 Å². The zero-order chi connectivity index (χ0) is 15.2. The van der Waals surface area contributed by atoms with Gasteiger partial charge in [-0.15, -0.1) is 0 Å². The number of rotatable bonds is 5. The molecule has 0 radical (unpaired) electrons. The van der Waals surface area contributed by atoms with Crippen molar-refractivity contribution in [3.8, 4) is 5.75 Å². The van der Waals surface area contributed by atoms with Crippen molar-refractivity contribution in [3.05, 3.63) is 24.0 Å². The van der Waals surface area contributed by atoms with Gasteiger partial charge in [-0.05, 0) is 44.7 Å². The van der Waals surface area contributed by atoms with Crippen LogP contribution in [-0.2, 0) is 11.2 Å². The fourth-order valence-electron chi connectivity index (χ4n) is 2.83. The summed E-state index contributed by atoms with van der Waals surface area (Å²) in [7, 11) is 0. The Morgan fingerprint density at radius 1 is 1.52 bits per heavy atom. The van der Waals surface area contributed by atoms with Gasteiger partial charge in [-0.1, -0.05) is 0 Å². The van der Waals surface area contributed by atoms with Crippen LogP contribution in [0.2, 0.25) is 0 Å². The number of hydrogen-bond acceptors (Lipinski definition) is 4. The third-order valence-corrected chi connectivity index (χ3v) is 4.00. The Morgan fingerprint density at radius 2 is 2.33 bits per heavy atom. The monoisotopic (exact) mass is 292 g/mol. The highest BCUT2D eigenvalue weighted by atomic mass is 16.5. The smallest absolute Gasteiger partial charge is 0.228 e. The standard InChI is InChI=1S/C16H24N2O3/c1-3-21-15-5-4-14(17-10-15)9-16(20)18-7-6-13(11-19)8-12(18)2/h4-5,10,12-13,19H,3,6-9,11H2,1-2H3/t12-,13-/m0/s1. The van der Waals surface area contributed by atoms with E-state index in [0.717, 1.165) is 30.8 Å². The van der Waals surface area contributed by atoms with Crippen LogP contribution in [0.5, 0.6) is 5.75 Å². The number of piperidine rings is 1. The number of pyridine rings is 1. The first-order valence-electron chi connectivity index (χ1n) is 7.62. The van der Waals surface area contributed by atoms with Crippen LogP contribution in [0.15, 0.2) is 18.3 Å². The Morgan fingerprint density at radius 3 is 2.90 bits per heavy atom. The second-order valence-electron chi connectivity index (χ2n) is 5.60. The van der Waals surface area contributed by atoms with Gasteiger partial charge in [-0.25, -0.2) is 0 Å². The van der Waals surface area contributed by atoms with E-state index in [0.29, 0.717) is 18.9 Å². The average Bonchev–Trinajstić information content (AvgIpc) is 2.49. The second-order valence-corrected chi connectivity index (χ2v) is 5.60. The average molecular weight is 292 g/mol. The van der Waals surface area contributed by atoms with E-state index in [4.69, 9.17) is 4.74 Å². The maximum Gasteiger partial charge on any atom is 0.228 e. The predicted octanol–water partition coefficient (Wildman–Crippen LogP) is 1.64. The normalized spacial score (nSPS) is 22.1. The van der Waals surface area contributed by atoms with Gasteiger partial charge < -0.3 is 14.7 Å². The number of likely N-dealkylation sites (tertiary alicyclic amines) is 1. The molecule has 0 unspecified atom stereocenters. The van der Waals surface area contributed by atoms with Gasteiger partial charge in [0.05, 0.1) is 19.2 Å². The number of nitrogens with zero attached hydrogens (tertiary/aromatic N) is 2. The van der Waals surface area contributed by atoms with Crippen LogP contribution in [0.3, 0.4) is 0 Å². The fourth-order valence-corrected chi connectivity index (χ4v) is 2.83. The van der Waals surface area contributed by atoms with Gasteiger partial charge in [0.25, 0.3) is 0 Å². The molecule has 1 aromatic heterocycles. The summed E-state index contributed by atoms with van der Waals surface area (Å²) >= 11 is 0. The Hall–Kier alpha value is -1.62. The zero-order valence-corrected chi connectivity index (χ0v) is 12.8. The predicted molar refractivity (Wildman–Crippen MR) is 80.1 cm³/mol. The largest absolute Gasteiger partial charge is 0.492 e. The molecule has 1 fully saturated rings. The van der Waals surface area contributed by atoms with Crippen LogP contribution in [0.4, 0.5) is 0 Å². The number of aliphatic hydroxyl groups is 1. The quantitative estimate of drug-likeness (QED) is 0.896. The molecule has 1 amide bonds. The molecule has 2 heterocycles. The lowest BCUT2D eigenvalue weighted by Gasteiger charge is -2.37. The molecule has 1 aliphatic rings. The van der Waals surface area contributed by atoms with Crippen molar-refractivity contribution in [3.63, 3.8) is 0 Å². The Bertz CT molecular complexity index is 461. The van der Waals surface area contributed by atoms with Crippen molar-refractivity contribution < 1.29 is 14.6 Å². The summed E-state index contributed by atoms with van der Waals surface area (Å²) in [5, 5.41) is 9.21. The fraction of sp³-hybridized carbons (Fsp3) is 0.625. The van der Waals surface area contributed by atoms with Gasteiger partial charge in [-0.3, -0.25) is 9.78 Å². The van der Waals surface area contributed by atoms with Crippen molar-refractivity contribution in [2.75, 3.05) is 19.8 Å². The van der Waals surface area contributed by atoms with E-state index >= 15 is 0 Å². The Kier molecular flexibility index (Phi) is 5.56. The van der Waals surface area contributed by atoms with Gasteiger partial charge in [0.1, 0.15) is 5.75 Å². The van der Waals surface area contributed by atoms with Gasteiger partial charge in [-0.2, -0.15) is 0 Å². The maximum atomic E-state index is 12.4. The molecule has 0 aliphatic carbocycles. The van der Waals surface area contributed by atoms with Crippen molar-refractivity contribution in [2.24, 2.45) is 5.92 Å². The minimum absolute atomic E-state index is 0.107. The SMILES string of the molecule is CCOc1ccc(CC(=O)N2CC[C@H](CO)C[C@@H]2C)nc1. The topological polar surface area (TPSA) is 62.7 Å². The number of carbonyl (C=O) groups excluding carboxylic acids is 1. The first kappa shape index (κ1) is 15.8. The highest BCUT2D eigenvalue weighted by Gasteiger charge is 2.28. The number of ether oxygens (including phenoxy) is 1. The van der Waals surface area contributed by atoms with Gasteiger partial charge in [0, 0.05) is 24.9 Å². The van der Waals surface area contributed by atoms with E-state index in [1.54, 1.807) is 6.20 Å². The van der Waals surface area contributed by atoms with Gasteiger partial charge in [0.15, 0.2) is 0 Å². The molecular weight excluding hydrogens is 268 g/mol. The van der Waals surface area contributed by atoms with E-state index < -0.39 is 0 Å².